The molecule has 8 nitrogen and oxygen atoms in total. The van der Waals surface area contributed by atoms with Crippen LogP contribution in [0.5, 0.6) is 0 Å². The highest BCUT2D eigenvalue weighted by atomic mass is 16.6. The van der Waals surface area contributed by atoms with Crippen LogP contribution in [0, 0.1) is 10.1 Å². The van der Waals surface area contributed by atoms with E-state index in [0.29, 0.717) is 25.7 Å². The third kappa shape index (κ3) is 5.82. The second-order valence-electron chi connectivity index (χ2n) is 6.07. The Labute approximate surface area is 145 Å². The number of hydrogen-bond donors (Lipinski definition) is 2. The molecule has 1 amide bonds. The zero-order chi connectivity index (χ0) is 18.2. The predicted molar refractivity (Wildman–Crippen MR) is 89.8 cm³/mol. The molecule has 136 valence electrons. The van der Waals surface area contributed by atoms with Gasteiger partial charge in [0.2, 0.25) is 0 Å². The van der Waals surface area contributed by atoms with E-state index in [9.17, 15) is 19.7 Å². The highest BCUT2D eigenvalue weighted by molar-refractivity contribution is 5.98. The van der Waals surface area contributed by atoms with Crippen molar-refractivity contribution in [3.05, 3.63) is 39.4 Å². The minimum Gasteiger partial charge on any atom is -0.478 e. The van der Waals surface area contributed by atoms with Crippen LogP contribution in [0.4, 0.5) is 5.69 Å². The number of carbonyl (C=O) groups is 2. The van der Waals surface area contributed by atoms with Crippen molar-refractivity contribution in [1.82, 2.24) is 5.32 Å². The van der Waals surface area contributed by atoms with E-state index in [-0.39, 0.29) is 11.1 Å². The molecule has 0 bridgehead atoms. The number of benzene rings is 1. The van der Waals surface area contributed by atoms with Gasteiger partial charge in [-0.05, 0) is 25.3 Å². The minimum atomic E-state index is -1.32. The van der Waals surface area contributed by atoms with Gasteiger partial charge in [-0.2, -0.15) is 0 Å². The van der Waals surface area contributed by atoms with Gasteiger partial charge in [0.15, 0.2) is 0 Å². The van der Waals surface area contributed by atoms with E-state index >= 15 is 0 Å². The van der Waals surface area contributed by atoms with Gasteiger partial charge in [-0.15, -0.1) is 0 Å². The molecule has 0 radical (unpaired) electrons. The number of amides is 1. The number of nitro benzene ring substituents is 1. The Kier molecular flexibility index (Phi) is 6.88. The first-order valence-corrected chi connectivity index (χ1v) is 8.40. The third-order valence-electron chi connectivity index (χ3n) is 4.15. The van der Waals surface area contributed by atoms with Crippen LogP contribution in [0.1, 0.15) is 59.2 Å². The summed E-state index contributed by atoms with van der Waals surface area (Å²) < 4.78 is 5.75. The Morgan fingerprint density at radius 2 is 1.88 bits per heavy atom. The molecule has 0 unspecified atom stereocenters. The van der Waals surface area contributed by atoms with Gasteiger partial charge in [0.1, 0.15) is 0 Å². The van der Waals surface area contributed by atoms with Gasteiger partial charge in [0, 0.05) is 30.8 Å². The first-order chi connectivity index (χ1) is 12.0. The molecule has 1 aliphatic rings. The van der Waals surface area contributed by atoms with E-state index in [4.69, 9.17) is 9.84 Å². The van der Waals surface area contributed by atoms with Gasteiger partial charge >= 0.3 is 5.97 Å². The summed E-state index contributed by atoms with van der Waals surface area (Å²) in [6.45, 7) is 0.900. The van der Waals surface area contributed by atoms with E-state index in [1.165, 1.54) is 19.3 Å². The highest BCUT2D eigenvalue weighted by Gasteiger charge is 2.17. The quantitative estimate of drug-likeness (QED) is 0.423. The summed E-state index contributed by atoms with van der Waals surface area (Å²) in [7, 11) is 0. The lowest BCUT2D eigenvalue weighted by Gasteiger charge is -2.21. The van der Waals surface area contributed by atoms with Crippen LogP contribution in [-0.2, 0) is 4.74 Å². The zero-order valence-corrected chi connectivity index (χ0v) is 13.9. The van der Waals surface area contributed by atoms with Crippen molar-refractivity contribution < 1.29 is 24.4 Å². The molecule has 0 atom stereocenters. The summed E-state index contributed by atoms with van der Waals surface area (Å²) in [5.74, 6) is -1.86. The maximum Gasteiger partial charge on any atom is 0.335 e. The van der Waals surface area contributed by atoms with Gasteiger partial charge in [0.25, 0.3) is 11.6 Å². The molecule has 1 aliphatic carbocycles. The normalized spacial score (nSPS) is 14.9. The van der Waals surface area contributed by atoms with Crippen molar-refractivity contribution in [1.29, 1.82) is 0 Å². The van der Waals surface area contributed by atoms with Gasteiger partial charge in [-0.3, -0.25) is 14.9 Å². The van der Waals surface area contributed by atoms with E-state index in [1.807, 2.05) is 0 Å². The number of rotatable bonds is 8. The molecule has 8 heteroatoms. The Morgan fingerprint density at radius 1 is 1.20 bits per heavy atom. The maximum absolute atomic E-state index is 12.1. The first-order valence-electron chi connectivity index (χ1n) is 8.40. The average molecular weight is 350 g/mol. The number of non-ortho nitro benzene ring substituents is 1. The lowest BCUT2D eigenvalue weighted by molar-refractivity contribution is -0.384. The number of hydrogen-bond acceptors (Lipinski definition) is 5. The van der Waals surface area contributed by atoms with Crippen molar-refractivity contribution in [2.75, 3.05) is 13.2 Å². The number of carboxylic acids is 1. The van der Waals surface area contributed by atoms with Crippen molar-refractivity contribution in [3.63, 3.8) is 0 Å². The van der Waals surface area contributed by atoms with E-state index in [2.05, 4.69) is 5.32 Å². The summed E-state index contributed by atoms with van der Waals surface area (Å²) >= 11 is 0. The lowest BCUT2D eigenvalue weighted by atomic mass is 9.98. The molecule has 1 aromatic rings. The van der Waals surface area contributed by atoms with Crippen molar-refractivity contribution in [3.8, 4) is 0 Å². The molecule has 1 saturated carbocycles. The molecule has 2 N–H and O–H groups in total. The fourth-order valence-electron chi connectivity index (χ4n) is 2.83. The molecular weight excluding hydrogens is 328 g/mol. The molecule has 0 aromatic heterocycles. The Hall–Kier alpha value is -2.48. The van der Waals surface area contributed by atoms with E-state index in [1.54, 1.807) is 0 Å². The van der Waals surface area contributed by atoms with Gasteiger partial charge < -0.3 is 15.2 Å². The van der Waals surface area contributed by atoms with Crippen molar-refractivity contribution in [2.24, 2.45) is 0 Å². The van der Waals surface area contributed by atoms with Gasteiger partial charge in [-0.25, -0.2) is 4.79 Å². The topological polar surface area (TPSA) is 119 Å². The fourth-order valence-corrected chi connectivity index (χ4v) is 2.83. The second-order valence-corrected chi connectivity index (χ2v) is 6.07. The van der Waals surface area contributed by atoms with Crippen LogP contribution in [0.2, 0.25) is 0 Å². The number of nitrogens with zero attached hydrogens (tertiary/aromatic N) is 1. The lowest BCUT2D eigenvalue weighted by Crippen LogP contribution is -2.26. The molecule has 1 fully saturated rings. The number of carbonyl (C=O) groups excluding carboxylic acids is 1. The average Bonchev–Trinajstić information content (AvgIpc) is 2.61. The number of aromatic carboxylic acids is 1. The van der Waals surface area contributed by atoms with Gasteiger partial charge in [-0.1, -0.05) is 19.3 Å². The van der Waals surface area contributed by atoms with Crippen LogP contribution >= 0.6 is 0 Å². The standard InChI is InChI=1S/C17H22N2O6/c20-16(18-7-4-8-25-15-5-2-1-3-6-15)12-9-13(17(21)22)11-14(10-12)19(23)24/h9-11,15H,1-8H2,(H,18,20)(H,21,22). The maximum atomic E-state index is 12.1. The smallest absolute Gasteiger partial charge is 0.335 e. The molecular formula is C17H22N2O6. The van der Waals surface area contributed by atoms with Crippen LogP contribution in [0.15, 0.2) is 18.2 Å². The SMILES string of the molecule is O=C(O)c1cc(C(=O)NCCCOC2CCCCC2)cc([N+](=O)[O-])c1. The van der Waals surface area contributed by atoms with Crippen LogP contribution < -0.4 is 5.32 Å². The molecule has 25 heavy (non-hydrogen) atoms. The number of nitrogens with one attached hydrogen (secondary N) is 1. The number of carboxylic acid groups (broad SMARTS) is 1. The zero-order valence-electron chi connectivity index (χ0n) is 13.9. The monoisotopic (exact) mass is 350 g/mol. The van der Waals surface area contributed by atoms with Crippen LogP contribution in [-0.4, -0.2) is 41.2 Å². The Morgan fingerprint density at radius 3 is 2.52 bits per heavy atom. The highest BCUT2D eigenvalue weighted by Crippen LogP contribution is 2.20. The summed E-state index contributed by atoms with van der Waals surface area (Å²) in [5, 5.41) is 22.5. The minimum absolute atomic E-state index is 0.0419. The number of ether oxygens (including phenoxy) is 1. The Balaban J connectivity index is 1.83. The summed E-state index contributed by atoms with van der Waals surface area (Å²) in [4.78, 5) is 33.3. The molecule has 0 heterocycles. The van der Waals surface area contributed by atoms with E-state index < -0.39 is 22.5 Å². The van der Waals surface area contributed by atoms with Crippen molar-refractivity contribution >= 4 is 17.6 Å². The molecule has 1 aromatic carbocycles. The third-order valence-corrected chi connectivity index (χ3v) is 4.15. The van der Waals surface area contributed by atoms with Crippen molar-refractivity contribution in [2.45, 2.75) is 44.6 Å². The molecule has 0 aliphatic heterocycles. The molecule has 2 rings (SSSR count). The van der Waals surface area contributed by atoms with Gasteiger partial charge in [0.05, 0.1) is 16.6 Å². The summed E-state index contributed by atoms with van der Waals surface area (Å²) in [6, 6.07) is 3.13. The largest absolute Gasteiger partial charge is 0.478 e. The van der Waals surface area contributed by atoms with Crippen LogP contribution in [0.3, 0.4) is 0 Å². The number of nitro groups is 1. The predicted octanol–water partition coefficient (Wildman–Crippen LogP) is 2.76. The molecule has 0 spiro atoms. The second kappa shape index (κ2) is 9.12. The first kappa shape index (κ1) is 18.9. The fraction of sp³-hybridized carbons (Fsp3) is 0.529. The summed E-state index contributed by atoms with van der Waals surface area (Å²) in [6.07, 6.45) is 6.75. The van der Waals surface area contributed by atoms with Crippen LogP contribution in [0.25, 0.3) is 0 Å². The Bertz CT molecular complexity index is 608. The molecule has 0 saturated heterocycles. The van der Waals surface area contributed by atoms with E-state index in [0.717, 1.165) is 31.0 Å². The summed E-state index contributed by atoms with van der Waals surface area (Å²) in [5.41, 5.74) is -0.759.